The SMILES string of the molecule is CC.CC.CCC.CCCC(C)(C)OCC(C)(C)n1nncc1C(C)=O. The summed E-state index contributed by atoms with van der Waals surface area (Å²) in [5, 5.41) is 7.85. The molecule has 0 saturated heterocycles. The van der Waals surface area contributed by atoms with Crippen molar-refractivity contribution < 1.29 is 9.53 Å². The molecule has 1 heterocycles. The van der Waals surface area contributed by atoms with Gasteiger partial charge in [-0.2, -0.15) is 0 Å². The summed E-state index contributed by atoms with van der Waals surface area (Å²) in [7, 11) is 0. The van der Waals surface area contributed by atoms with E-state index in [-0.39, 0.29) is 11.4 Å². The number of carbonyl (C=O) groups is 1. The zero-order chi connectivity index (χ0) is 21.4. The number of ether oxygens (including phenoxy) is 1. The Bertz CT molecular complexity index is 452. The summed E-state index contributed by atoms with van der Waals surface area (Å²) in [5.74, 6) is -0.0362. The van der Waals surface area contributed by atoms with Crippen LogP contribution in [-0.4, -0.2) is 33.0 Å². The Morgan fingerprint density at radius 2 is 1.54 bits per heavy atom. The molecule has 26 heavy (non-hydrogen) atoms. The van der Waals surface area contributed by atoms with Gasteiger partial charge in [-0.15, -0.1) is 5.10 Å². The van der Waals surface area contributed by atoms with E-state index in [9.17, 15) is 4.79 Å². The highest BCUT2D eigenvalue weighted by atomic mass is 16.5. The number of hydrogen-bond donors (Lipinski definition) is 0. The third-order valence-corrected chi connectivity index (χ3v) is 3.15. The average molecular weight is 372 g/mol. The molecule has 0 bridgehead atoms. The fourth-order valence-electron chi connectivity index (χ4n) is 2.03. The lowest BCUT2D eigenvalue weighted by molar-refractivity contribution is -0.0587. The number of nitrogens with zero attached hydrogens (tertiary/aromatic N) is 3. The summed E-state index contributed by atoms with van der Waals surface area (Å²) in [6.45, 7) is 24.6. The Morgan fingerprint density at radius 3 is 1.92 bits per heavy atom. The lowest BCUT2D eigenvalue weighted by Crippen LogP contribution is -2.39. The van der Waals surface area contributed by atoms with Crippen molar-refractivity contribution in [1.82, 2.24) is 15.0 Å². The third kappa shape index (κ3) is 12.2. The second-order valence-electron chi connectivity index (χ2n) is 6.91. The molecule has 0 N–H and O–H groups in total. The van der Waals surface area contributed by atoms with E-state index < -0.39 is 5.54 Å². The summed E-state index contributed by atoms with van der Waals surface area (Å²) < 4.78 is 7.64. The molecule has 156 valence electrons. The number of Topliss-reactive ketones (excluding diaryl/α,β-unsaturated/α-hetero) is 1. The van der Waals surface area contributed by atoms with Crippen LogP contribution in [0.5, 0.6) is 0 Å². The van der Waals surface area contributed by atoms with Crippen LogP contribution in [0.25, 0.3) is 0 Å². The zero-order valence-electron chi connectivity index (χ0n) is 19.6. The van der Waals surface area contributed by atoms with Crippen LogP contribution in [0.3, 0.4) is 0 Å². The maximum absolute atomic E-state index is 11.5. The minimum absolute atomic E-state index is 0.0362. The summed E-state index contributed by atoms with van der Waals surface area (Å²) in [6, 6.07) is 0. The van der Waals surface area contributed by atoms with E-state index in [1.165, 1.54) is 19.5 Å². The second-order valence-corrected chi connectivity index (χ2v) is 6.91. The van der Waals surface area contributed by atoms with Crippen LogP contribution in [0.2, 0.25) is 0 Å². The van der Waals surface area contributed by atoms with Crippen molar-refractivity contribution in [1.29, 1.82) is 0 Å². The molecule has 0 unspecified atom stereocenters. The van der Waals surface area contributed by atoms with E-state index in [2.05, 4.69) is 44.9 Å². The molecule has 1 aromatic heterocycles. The van der Waals surface area contributed by atoms with Crippen LogP contribution in [0.1, 0.15) is 113 Å². The molecule has 0 aliphatic rings. The topological polar surface area (TPSA) is 57.0 Å². The van der Waals surface area contributed by atoms with Crippen LogP contribution in [-0.2, 0) is 10.3 Å². The van der Waals surface area contributed by atoms with Crippen LogP contribution in [0.4, 0.5) is 0 Å². The van der Waals surface area contributed by atoms with Gasteiger partial charge in [-0.1, -0.05) is 66.5 Å². The first-order valence-corrected chi connectivity index (χ1v) is 10.2. The van der Waals surface area contributed by atoms with Crippen LogP contribution < -0.4 is 0 Å². The Hall–Kier alpha value is -1.23. The van der Waals surface area contributed by atoms with Gasteiger partial charge in [-0.25, -0.2) is 4.68 Å². The van der Waals surface area contributed by atoms with Gasteiger partial charge in [0, 0.05) is 6.92 Å². The maximum Gasteiger partial charge on any atom is 0.179 e. The van der Waals surface area contributed by atoms with Gasteiger partial charge in [0.15, 0.2) is 5.78 Å². The molecule has 1 aromatic rings. The second kappa shape index (κ2) is 16.0. The minimum Gasteiger partial charge on any atom is -0.373 e. The van der Waals surface area contributed by atoms with Crippen molar-refractivity contribution >= 4 is 5.78 Å². The van der Waals surface area contributed by atoms with Gasteiger partial charge in [0.05, 0.1) is 23.9 Å². The van der Waals surface area contributed by atoms with Gasteiger partial charge in [0.25, 0.3) is 0 Å². The number of aromatic nitrogens is 3. The van der Waals surface area contributed by atoms with Gasteiger partial charge in [-0.05, 0) is 34.1 Å². The van der Waals surface area contributed by atoms with Crippen molar-refractivity contribution in [2.24, 2.45) is 0 Å². The molecule has 0 aromatic carbocycles. The summed E-state index contributed by atoms with van der Waals surface area (Å²) in [6.07, 6.45) is 4.83. The molecule has 5 heteroatoms. The number of ketones is 1. The van der Waals surface area contributed by atoms with Gasteiger partial charge < -0.3 is 4.74 Å². The van der Waals surface area contributed by atoms with Crippen molar-refractivity contribution in [3.8, 4) is 0 Å². The van der Waals surface area contributed by atoms with Gasteiger partial charge >= 0.3 is 0 Å². The smallest absolute Gasteiger partial charge is 0.179 e. The first-order valence-electron chi connectivity index (χ1n) is 10.2. The third-order valence-electron chi connectivity index (χ3n) is 3.15. The van der Waals surface area contributed by atoms with Crippen molar-refractivity contribution in [2.45, 2.75) is 113 Å². The Labute approximate surface area is 162 Å². The molecule has 1 rings (SSSR count). The summed E-state index contributed by atoms with van der Waals surface area (Å²) >= 11 is 0. The first kappa shape index (κ1) is 29.5. The van der Waals surface area contributed by atoms with Crippen LogP contribution in [0, 0.1) is 0 Å². The van der Waals surface area contributed by atoms with E-state index >= 15 is 0 Å². The number of carbonyl (C=O) groups excluding carboxylic acids is 1. The molecule has 0 saturated carbocycles. The maximum atomic E-state index is 11.5. The predicted molar refractivity (Wildman–Crippen MR) is 113 cm³/mol. The van der Waals surface area contributed by atoms with E-state index in [1.807, 2.05) is 41.5 Å². The number of rotatable bonds is 7. The standard InChI is InChI=1S/C14H25N3O2.C3H8.2C2H6/c1-7-8-14(5,6)19-10-13(3,4)17-12(11(2)18)9-15-16-17;1-3-2;2*1-2/h9H,7-8,10H2,1-6H3;3H2,1-2H3;2*1-2H3. The highest BCUT2D eigenvalue weighted by molar-refractivity contribution is 5.92. The quantitative estimate of drug-likeness (QED) is 0.529. The Kier molecular flexibility index (Phi) is 18.2. The fraction of sp³-hybridized carbons (Fsp3) is 0.857. The predicted octanol–water partition coefficient (Wildman–Crippen LogP) is 6.28. The molecule has 0 radical (unpaired) electrons. The average Bonchev–Trinajstić information content (AvgIpc) is 3.09. The highest BCUT2D eigenvalue weighted by Crippen LogP contribution is 2.23. The first-order chi connectivity index (χ1) is 12.1. The minimum atomic E-state index is -0.400. The zero-order valence-corrected chi connectivity index (χ0v) is 19.6. The molecular formula is C21H45N3O2. The molecule has 0 amide bonds. The number of hydrogen-bond acceptors (Lipinski definition) is 4. The molecule has 0 aliphatic heterocycles. The van der Waals surface area contributed by atoms with Crippen molar-refractivity contribution in [3.63, 3.8) is 0 Å². The van der Waals surface area contributed by atoms with Crippen LogP contribution in [0.15, 0.2) is 6.20 Å². The molecule has 0 atom stereocenters. The van der Waals surface area contributed by atoms with Crippen molar-refractivity contribution in [2.75, 3.05) is 6.61 Å². The molecule has 5 nitrogen and oxygen atoms in total. The monoisotopic (exact) mass is 371 g/mol. The Balaban J connectivity index is -0.000000663. The van der Waals surface area contributed by atoms with E-state index in [0.29, 0.717) is 12.3 Å². The van der Waals surface area contributed by atoms with E-state index in [1.54, 1.807) is 4.68 Å². The van der Waals surface area contributed by atoms with Crippen molar-refractivity contribution in [3.05, 3.63) is 11.9 Å². The fourth-order valence-corrected chi connectivity index (χ4v) is 2.03. The lowest BCUT2D eigenvalue weighted by atomic mass is 10.0. The largest absolute Gasteiger partial charge is 0.373 e. The van der Waals surface area contributed by atoms with Gasteiger partial charge in [-0.3, -0.25) is 4.79 Å². The van der Waals surface area contributed by atoms with Gasteiger partial charge in [0.1, 0.15) is 5.69 Å². The molecule has 0 aliphatic carbocycles. The molecule has 0 fully saturated rings. The van der Waals surface area contributed by atoms with E-state index in [4.69, 9.17) is 4.74 Å². The van der Waals surface area contributed by atoms with Crippen LogP contribution >= 0.6 is 0 Å². The summed E-state index contributed by atoms with van der Waals surface area (Å²) in [4.78, 5) is 11.5. The van der Waals surface area contributed by atoms with E-state index in [0.717, 1.165) is 12.8 Å². The highest BCUT2D eigenvalue weighted by Gasteiger charge is 2.29. The normalized spacial score (nSPS) is 10.5. The summed E-state index contributed by atoms with van der Waals surface area (Å²) in [5.41, 5.74) is -0.0483. The Morgan fingerprint density at radius 1 is 1.08 bits per heavy atom. The van der Waals surface area contributed by atoms with Gasteiger partial charge in [0.2, 0.25) is 0 Å². The molecule has 0 spiro atoms. The molecular weight excluding hydrogens is 326 g/mol. The lowest BCUT2D eigenvalue weighted by Gasteiger charge is -2.32.